The van der Waals surface area contributed by atoms with Crippen molar-refractivity contribution >= 4 is 26.7 Å². The van der Waals surface area contributed by atoms with Gasteiger partial charge in [-0.1, -0.05) is 12.1 Å². The number of aromatic nitrogens is 2. The Labute approximate surface area is 134 Å². The number of anilines is 1. The highest BCUT2D eigenvalue weighted by molar-refractivity contribution is 7.92. The molecular weight excluding hydrogens is 314 g/mol. The number of nitrogens with one attached hydrogen (secondary N) is 1. The van der Waals surface area contributed by atoms with E-state index in [4.69, 9.17) is 0 Å². The van der Waals surface area contributed by atoms with Gasteiger partial charge in [0.2, 0.25) is 0 Å². The van der Waals surface area contributed by atoms with Crippen molar-refractivity contribution in [3.05, 3.63) is 58.5 Å². The van der Waals surface area contributed by atoms with E-state index in [1.807, 2.05) is 13.0 Å². The van der Waals surface area contributed by atoms with Gasteiger partial charge in [0.25, 0.3) is 10.0 Å². The van der Waals surface area contributed by atoms with Crippen molar-refractivity contribution in [3.63, 3.8) is 0 Å². The predicted molar refractivity (Wildman–Crippen MR) is 90.1 cm³/mol. The lowest BCUT2D eigenvalue weighted by atomic mass is 10.2. The van der Waals surface area contributed by atoms with Gasteiger partial charge in [-0.15, -0.1) is 0 Å². The van der Waals surface area contributed by atoms with Crippen LogP contribution in [-0.4, -0.2) is 17.6 Å². The molecule has 0 aliphatic rings. The predicted octanol–water partition coefficient (Wildman–Crippen LogP) is 1.99. The van der Waals surface area contributed by atoms with Gasteiger partial charge in [0.05, 0.1) is 15.9 Å². The summed E-state index contributed by atoms with van der Waals surface area (Å²) in [6.45, 7) is 1.89. The molecule has 7 heteroatoms. The van der Waals surface area contributed by atoms with Crippen LogP contribution in [0.25, 0.3) is 11.0 Å². The van der Waals surface area contributed by atoms with Gasteiger partial charge < -0.3 is 0 Å². The summed E-state index contributed by atoms with van der Waals surface area (Å²) >= 11 is 0. The van der Waals surface area contributed by atoms with Crippen LogP contribution in [0.1, 0.15) is 5.56 Å². The molecule has 0 unspecified atom stereocenters. The number of fused-ring (bicyclic) bond motifs is 1. The quantitative estimate of drug-likeness (QED) is 0.797. The molecule has 120 valence electrons. The number of nitrogens with zero attached hydrogens (tertiary/aromatic N) is 2. The molecule has 0 saturated heterocycles. The molecule has 0 spiro atoms. The van der Waals surface area contributed by atoms with E-state index in [-0.39, 0.29) is 10.6 Å². The Kier molecular flexibility index (Phi) is 3.52. The van der Waals surface area contributed by atoms with Gasteiger partial charge in [-0.05, 0) is 42.8 Å². The van der Waals surface area contributed by atoms with E-state index in [2.05, 4.69) is 4.72 Å². The Morgan fingerprint density at radius 3 is 2.35 bits per heavy atom. The molecule has 0 saturated carbocycles. The van der Waals surface area contributed by atoms with Crippen LogP contribution >= 0.6 is 0 Å². The summed E-state index contributed by atoms with van der Waals surface area (Å²) in [5.74, 6) is 0. The minimum Gasteiger partial charge on any atom is -0.295 e. The third kappa shape index (κ3) is 2.63. The van der Waals surface area contributed by atoms with Gasteiger partial charge in [0.1, 0.15) is 0 Å². The van der Waals surface area contributed by atoms with Gasteiger partial charge in [-0.3, -0.25) is 13.9 Å². The van der Waals surface area contributed by atoms with Crippen LogP contribution in [0.5, 0.6) is 0 Å². The Balaban J connectivity index is 2.08. The van der Waals surface area contributed by atoms with Crippen molar-refractivity contribution in [1.82, 2.24) is 9.13 Å². The maximum atomic E-state index is 12.6. The molecule has 1 heterocycles. The molecule has 0 amide bonds. The summed E-state index contributed by atoms with van der Waals surface area (Å²) in [5, 5.41) is 0. The lowest BCUT2D eigenvalue weighted by Crippen LogP contribution is -2.19. The fourth-order valence-corrected chi connectivity index (χ4v) is 3.65. The van der Waals surface area contributed by atoms with E-state index < -0.39 is 10.0 Å². The normalized spacial score (nSPS) is 11.8. The number of hydrogen-bond donors (Lipinski definition) is 1. The first kappa shape index (κ1) is 15.4. The zero-order valence-corrected chi connectivity index (χ0v) is 13.9. The van der Waals surface area contributed by atoms with Crippen LogP contribution < -0.4 is 10.4 Å². The van der Waals surface area contributed by atoms with E-state index in [9.17, 15) is 13.2 Å². The monoisotopic (exact) mass is 331 g/mol. The van der Waals surface area contributed by atoms with Crippen LogP contribution in [-0.2, 0) is 24.1 Å². The summed E-state index contributed by atoms with van der Waals surface area (Å²) in [6.07, 6.45) is 0. The fourth-order valence-electron chi connectivity index (χ4n) is 2.58. The second-order valence-electron chi connectivity index (χ2n) is 5.53. The van der Waals surface area contributed by atoms with Crippen molar-refractivity contribution < 1.29 is 8.42 Å². The molecule has 3 aromatic rings. The second-order valence-corrected chi connectivity index (χ2v) is 7.21. The maximum Gasteiger partial charge on any atom is 0.328 e. The molecule has 0 aliphatic carbocycles. The van der Waals surface area contributed by atoms with Gasteiger partial charge >= 0.3 is 5.69 Å². The number of sulfonamides is 1. The minimum atomic E-state index is -3.72. The first-order chi connectivity index (χ1) is 10.8. The Bertz CT molecular complexity index is 1060. The molecule has 23 heavy (non-hydrogen) atoms. The molecule has 2 aromatic carbocycles. The Hall–Kier alpha value is -2.54. The van der Waals surface area contributed by atoms with Crippen molar-refractivity contribution in [3.8, 4) is 0 Å². The Morgan fingerprint density at radius 2 is 1.65 bits per heavy atom. The molecular formula is C16H17N3O3S. The summed E-state index contributed by atoms with van der Waals surface area (Å²) < 4.78 is 30.6. The van der Waals surface area contributed by atoms with Crippen molar-refractivity contribution in [2.75, 3.05) is 4.72 Å². The first-order valence-corrected chi connectivity index (χ1v) is 8.53. The van der Waals surface area contributed by atoms with E-state index in [1.54, 1.807) is 38.4 Å². The van der Waals surface area contributed by atoms with Crippen molar-refractivity contribution in [2.24, 2.45) is 14.1 Å². The van der Waals surface area contributed by atoms with Crippen LogP contribution in [0.2, 0.25) is 0 Å². The zero-order chi connectivity index (χ0) is 16.8. The van der Waals surface area contributed by atoms with Gasteiger partial charge in [0, 0.05) is 19.8 Å². The summed E-state index contributed by atoms with van der Waals surface area (Å²) in [7, 11) is -0.440. The maximum absolute atomic E-state index is 12.6. The third-order valence-corrected chi connectivity index (χ3v) is 5.20. The number of imidazole rings is 1. The molecule has 0 radical (unpaired) electrons. The smallest absolute Gasteiger partial charge is 0.295 e. The SMILES string of the molecule is Cc1cccc(NS(=O)(=O)c2ccc3c(c2)n(C)c(=O)n3C)c1. The largest absolute Gasteiger partial charge is 0.328 e. The number of rotatable bonds is 3. The van der Waals surface area contributed by atoms with E-state index in [0.29, 0.717) is 16.7 Å². The molecule has 0 aliphatic heterocycles. The standard InChI is InChI=1S/C16H17N3O3S/c1-11-5-4-6-12(9-11)17-23(21,22)13-7-8-14-15(10-13)19(3)16(20)18(14)2/h4-10,17H,1-3H3. The van der Waals surface area contributed by atoms with Crippen LogP contribution in [0.15, 0.2) is 52.2 Å². The van der Waals surface area contributed by atoms with E-state index in [0.717, 1.165) is 5.56 Å². The summed E-state index contributed by atoms with van der Waals surface area (Å²) in [6, 6.07) is 11.8. The van der Waals surface area contributed by atoms with Crippen LogP contribution in [0.3, 0.4) is 0 Å². The molecule has 6 nitrogen and oxygen atoms in total. The van der Waals surface area contributed by atoms with Crippen LogP contribution in [0.4, 0.5) is 5.69 Å². The molecule has 0 atom stereocenters. The Morgan fingerprint density at radius 1 is 0.957 bits per heavy atom. The average Bonchev–Trinajstić information content (AvgIpc) is 2.71. The summed E-state index contributed by atoms with van der Waals surface area (Å²) in [5.41, 5.74) is 2.54. The minimum absolute atomic E-state index is 0.118. The number of hydrogen-bond acceptors (Lipinski definition) is 3. The lowest BCUT2D eigenvalue weighted by Gasteiger charge is -2.09. The fraction of sp³-hybridized carbons (Fsp3) is 0.188. The number of benzene rings is 2. The molecule has 1 N–H and O–H groups in total. The lowest BCUT2D eigenvalue weighted by molar-refractivity contribution is 0.601. The highest BCUT2D eigenvalue weighted by atomic mass is 32.2. The topological polar surface area (TPSA) is 73.1 Å². The number of aryl methyl sites for hydroxylation is 3. The molecule has 0 bridgehead atoms. The van der Waals surface area contributed by atoms with E-state index in [1.165, 1.54) is 21.3 Å². The van der Waals surface area contributed by atoms with Gasteiger partial charge in [-0.25, -0.2) is 13.2 Å². The van der Waals surface area contributed by atoms with Crippen molar-refractivity contribution in [2.45, 2.75) is 11.8 Å². The highest BCUT2D eigenvalue weighted by Gasteiger charge is 2.17. The molecule has 3 rings (SSSR count). The van der Waals surface area contributed by atoms with Gasteiger partial charge in [0.15, 0.2) is 0 Å². The van der Waals surface area contributed by atoms with E-state index >= 15 is 0 Å². The molecule has 0 fully saturated rings. The second kappa shape index (κ2) is 5.27. The zero-order valence-electron chi connectivity index (χ0n) is 13.1. The van der Waals surface area contributed by atoms with Crippen molar-refractivity contribution in [1.29, 1.82) is 0 Å². The van der Waals surface area contributed by atoms with Gasteiger partial charge in [-0.2, -0.15) is 0 Å². The summed E-state index contributed by atoms with van der Waals surface area (Å²) in [4.78, 5) is 12.1. The molecule has 1 aromatic heterocycles. The first-order valence-electron chi connectivity index (χ1n) is 7.04. The average molecular weight is 331 g/mol. The third-order valence-electron chi connectivity index (χ3n) is 3.82. The highest BCUT2D eigenvalue weighted by Crippen LogP contribution is 2.21. The van der Waals surface area contributed by atoms with Crippen LogP contribution in [0, 0.1) is 6.92 Å².